The number of nitrogens with two attached hydrogens (primary N) is 1. The fourth-order valence-corrected chi connectivity index (χ4v) is 1.35. The molecule has 2 heterocycles. The largest absolute Gasteiger partial charge is 0.320 e. The molecular weight excluding hydrogens is 258 g/mol. The summed E-state index contributed by atoms with van der Waals surface area (Å²) in [7, 11) is 0. The maximum atomic E-state index is 11.9. The second kappa shape index (κ2) is 6.26. The van der Waals surface area contributed by atoms with E-state index in [9.17, 15) is 9.59 Å². The highest BCUT2D eigenvalue weighted by atomic mass is 16.2. The summed E-state index contributed by atoms with van der Waals surface area (Å²) in [5.41, 5.74) is 5.81. The minimum absolute atomic E-state index is 0.219. The molecule has 0 fully saturated rings. The topological polar surface area (TPSA) is 114 Å². The molecule has 7 heteroatoms. The monoisotopic (exact) mass is 269 g/mol. The van der Waals surface area contributed by atoms with Crippen LogP contribution in [0.4, 0.5) is 5.82 Å². The van der Waals surface area contributed by atoms with E-state index in [1.54, 1.807) is 12.1 Å². The quantitative estimate of drug-likeness (QED) is 0.649. The highest BCUT2D eigenvalue weighted by Crippen LogP contribution is 2.03. The predicted octanol–water partition coefficient (Wildman–Crippen LogP) is -0.273. The molecule has 0 spiro atoms. The van der Waals surface area contributed by atoms with Crippen molar-refractivity contribution < 1.29 is 4.79 Å². The van der Waals surface area contributed by atoms with E-state index < -0.39 is 5.91 Å². The van der Waals surface area contributed by atoms with Gasteiger partial charge in [0.25, 0.3) is 11.5 Å². The van der Waals surface area contributed by atoms with Crippen molar-refractivity contribution >= 4 is 11.7 Å². The number of aromatic amines is 1. The molecule has 1 amide bonds. The van der Waals surface area contributed by atoms with Gasteiger partial charge in [0.1, 0.15) is 5.69 Å². The Labute approximate surface area is 114 Å². The lowest BCUT2D eigenvalue weighted by Gasteiger charge is -2.02. The van der Waals surface area contributed by atoms with Gasteiger partial charge < -0.3 is 11.1 Å². The standard InChI is InChI=1S/C13H11N5O2/c14-7-1-2-9-3-4-10(15-8-9)13(20)16-11-5-6-12(19)18-17-11/h3-6,8H,7,14H2,(H,18,19)(H,16,17,20). The van der Waals surface area contributed by atoms with E-state index in [2.05, 4.69) is 32.3 Å². The third-order valence-electron chi connectivity index (χ3n) is 2.25. The van der Waals surface area contributed by atoms with Crippen LogP contribution in [0.3, 0.4) is 0 Å². The molecule has 4 N–H and O–H groups in total. The molecule has 0 saturated carbocycles. The number of carbonyl (C=O) groups is 1. The summed E-state index contributed by atoms with van der Waals surface area (Å²) in [6.45, 7) is 0.264. The average Bonchev–Trinajstić information content (AvgIpc) is 2.48. The number of amides is 1. The SMILES string of the molecule is NCC#Cc1ccc(C(=O)Nc2ccc(=O)[nH]n2)nc1. The van der Waals surface area contributed by atoms with Crippen molar-refractivity contribution in [2.45, 2.75) is 0 Å². The van der Waals surface area contributed by atoms with Gasteiger partial charge in [-0.1, -0.05) is 11.8 Å². The van der Waals surface area contributed by atoms with E-state index in [-0.39, 0.29) is 23.6 Å². The molecule has 0 aromatic carbocycles. The summed E-state index contributed by atoms with van der Waals surface area (Å²) in [4.78, 5) is 26.7. The van der Waals surface area contributed by atoms with E-state index in [1.807, 2.05) is 0 Å². The van der Waals surface area contributed by atoms with Crippen LogP contribution >= 0.6 is 0 Å². The van der Waals surface area contributed by atoms with Gasteiger partial charge in [-0.15, -0.1) is 0 Å². The van der Waals surface area contributed by atoms with E-state index >= 15 is 0 Å². The fourth-order valence-electron chi connectivity index (χ4n) is 1.35. The number of carbonyl (C=O) groups excluding carboxylic acids is 1. The van der Waals surface area contributed by atoms with Gasteiger partial charge in [-0.3, -0.25) is 9.59 Å². The van der Waals surface area contributed by atoms with Crippen LogP contribution in [0.15, 0.2) is 35.3 Å². The second-order valence-electron chi connectivity index (χ2n) is 3.70. The Kier molecular flexibility index (Phi) is 4.21. The van der Waals surface area contributed by atoms with Crippen LogP contribution in [0.25, 0.3) is 0 Å². The van der Waals surface area contributed by atoms with Crippen LogP contribution in [0, 0.1) is 11.8 Å². The molecule has 2 aromatic rings. The minimum atomic E-state index is -0.428. The van der Waals surface area contributed by atoms with Crippen molar-refractivity contribution in [2.24, 2.45) is 5.73 Å². The summed E-state index contributed by atoms with van der Waals surface area (Å²) in [6.07, 6.45) is 1.48. The Morgan fingerprint density at radius 2 is 2.20 bits per heavy atom. The second-order valence-corrected chi connectivity index (χ2v) is 3.70. The zero-order chi connectivity index (χ0) is 14.4. The van der Waals surface area contributed by atoms with E-state index in [4.69, 9.17) is 5.73 Å². The lowest BCUT2D eigenvalue weighted by molar-refractivity contribution is 0.102. The average molecular weight is 269 g/mol. The fraction of sp³-hybridized carbons (Fsp3) is 0.0769. The smallest absolute Gasteiger partial charge is 0.275 e. The van der Waals surface area contributed by atoms with Crippen molar-refractivity contribution in [1.29, 1.82) is 0 Å². The summed E-state index contributed by atoms with van der Waals surface area (Å²) >= 11 is 0. The Hall–Kier alpha value is -2.98. The van der Waals surface area contributed by atoms with Gasteiger partial charge in [0.2, 0.25) is 0 Å². The molecule has 0 radical (unpaired) electrons. The van der Waals surface area contributed by atoms with Crippen LogP contribution in [-0.2, 0) is 0 Å². The number of nitrogens with one attached hydrogen (secondary N) is 2. The van der Waals surface area contributed by atoms with Gasteiger partial charge in [-0.25, -0.2) is 10.1 Å². The summed E-state index contributed by atoms with van der Waals surface area (Å²) in [5.74, 6) is 5.31. The molecule has 20 heavy (non-hydrogen) atoms. The molecule has 0 unspecified atom stereocenters. The molecule has 0 bridgehead atoms. The number of H-pyrrole nitrogens is 1. The van der Waals surface area contributed by atoms with Gasteiger partial charge in [0.15, 0.2) is 5.82 Å². The predicted molar refractivity (Wildman–Crippen MR) is 73.0 cm³/mol. The summed E-state index contributed by atoms with van der Waals surface area (Å²) < 4.78 is 0. The van der Waals surface area contributed by atoms with Crippen LogP contribution in [0.2, 0.25) is 0 Å². The zero-order valence-corrected chi connectivity index (χ0v) is 10.4. The van der Waals surface area contributed by atoms with Gasteiger partial charge >= 0.3 is 0 Å². The molecule has 0 saturated heterocycles. The molecule has 0 aliphatic rings. The number of hydrogen-bond acceptors (Lipinski definition) is 5. The van der Waals surface area contributed by atoms with E-state index in [0.717, 1.165) is 0 Å². The van der Waals surface area contributed by atoms with Crippen molar-refractivity contribution in [3.05, 3.63) is 52.1 Å². The molecular formula is C13H11N5O2. The molecule has 2 aromatic heterocycles. The molecule has 0 aliphatic carbocycles. The first kappa shape index (κ1) is 13.5. The van der Waals surface area contributed by atoms with Crippen LogP contribution < -0.4 is 16.6 Å². The number of rotatable bonds is 2. The maximum absolute atomic E-state index is 11.9. The lowest BCUT2D eigenvalue weighted by Crippen LogP contribution is -2.16. The van der Waals surface area contributed by atoms with Crippen LogP contribution in [0.5, 0.6) is 0 Å². The summed E-state index contributed by atoms with van der Waals surface area (Å²) in [6, 6.07) is 5.88. The number of hydrogen-bond donors (Lipinski definition) is 3. The zero-order valence-electron chi connectivity index (χ0n) is 10.4. The number of aromatic nitrogens is 3. The van der Waals surface area contributed by atoms with Crippen LogP contribution in [-0.4, -0.2) is 27.6 Å². The number of nitrogens with zero attached hydrogens (tertiary/aromatic N) is 2. The molecule has 100 valence electrons. The first-order valence-electron chi connectivity index (χ1n) is 5.71. The van der Waals surface area contributed by atoms with E-state index in [1.165, 1.54) is 18.3 Å². The first-order chi connectivity index (χ1) is 9.69. The van der Waals surface area contributed by atoms with E-state index in [0.29, 0.717) is 5.56 Å². The van der Waals surface area contributed by atoms with Crippen LogP contribution in [0.1, 0.15) is 16.1 Å². The number of anilines is 1. The van der Waals surface area contributed by atoms with Crippen molar-refractivity contribution in [3.8, 4) is 11.8 Å². The van der Waals surface area contributed by atoms with Gasteiger partial charge in [0, 0.05) is 17.8 Å². The Morgan fingerprint density at radius 3 is 2.80 bits per heavy atom. The van der Waals surface area contributed by atoms with Gasteiger partial charge in [-0.05, 0) is 18.2 Å². The molecule has 0 aliphatic heterocycles. The maximum Gasteiger partial charge on any atom is 0.275 e. The normalized spacial score (nSPS) is 9.45. The Balaban J connectivity index is 2.09. The third-order valence-corrected chi connectivity index (χ3v) is 2.25. The summed E-state index contributed by atoms with van der Waals surface area (Å²) in [5, 5.41) is 8.40. The highest BCUT2D eigenvalue weighted by Gasteiger charge is 2.08. The van der Waals surface area contributed by atoms with Gasteiger partial charge in [-0.2, -0.15) is 5.10 Å². The first-order valence-corrected chi connectivity index (χ1v) is 5.71. The minimum Gasteiger partial charge on any atom is -0.320 e. The lowest BCUT2D eigenvalue weighted by atomic mass is 10.2. The Bertz CT molecular complexity index is 704. The Morgan fingerprint density at radius 1 is 1.35 bits per heavy atom. The third kappa shape index (κ3) is 3.51. The van der Waals surface area contributed by atoms with Crippen molar-refractivity contribution in [1.82, 2.24) is 15.2 Å². The van der Waals surface area contributed by atoms with Crippen molar-refractivity contribution in [2.75, 3.05) is 11.9 Å². The molecule has 2 rings (SSSR count). The van der Waals surface area contributed by atoms with Crippen molar-refractivity contribution in [3.63, 3.8) is 0 Å². The number of pyridine rings is 1. The molecule has 0 atom stereocenters. The molecule has 7 nitrogen and oxygen atoms in total. The van der Waals surface area contributed by atoms with Gasteiger partial charge in [0.05, 0.1) is 6.54 Å². The highest BCUT2D eigenvalue weighted by molar-refractivity contribution is 6.02.